The van der Waals surface area contributed by atoms with Gasteiger partial charge in [0.25, 0.3) is 0 Å². The molecule has 0 saturated carbocycles. The zero-order chi connectivity index (χ0) is 3.58. The molecule has 0 atom stereocenters. The zero-order valence-corrected chi connectivity index (χ0v) is 4.73. The van der Waals surface area contributed by atoms with E-state index in [2.05, 4.69) is 19.6 Å². The molecule has 0 aromatic carbocycles. The van der Waals surface area contributed by atoms with Gasteiger partial charge in [0.2, 0.25) is 0 Å². The average molecular weight is 82.1 g/mol. The van der Waals surface area contributed by atoms with E-state index >= 15 is 0 Å². The fourth-order valence-corrected chi connectivity index (χ4v) is 0. The van der Waals surface area contributed by atoms with Gasteiger partial charge in [0.05, 0.1) is 0 Å². The Morgan fingerprint density at radius 1 is 1.00 bits per heavy atom. The first-order chi connectivity index (χ1) is 1.73. The van der Waals surface area contributed by atoms with Crippen LogP contribution in [0.15, 0.2) is 0 Å². The van der Waals surface area contributed by atoms with Crippen LogP contribution in [0.2, 0.25) is 19.6 Å². The van der Waals surface area contributed by atoms with Crippen molar-refractivity contribution in [3.05, 3.63) is 0 Å². The van der Waals surface area contributed by atoms with E-state index in [4.69, 9.17) is 0 Å². The summed E-state index contributed by atoms with van der Waals surface area (Å²) in [7, 11) is -0.139. The first-order valence-electron chi connectivity index (χ1n) is 1.73. The molecule has 0 rings (SSSR count). The maximum atomic E-state index is 2.31. The van der Waals surface area contributed by atoms with Gasteiger partial charge in [0.1, 0.15) is 0 Å². The van der Waals surface area contributed by atoms with E-state index in [1.165, 1.54) is 0 Å². The molecule has 0 nitrogen and oxygen atoms in total. The summed E-state index contributed by atoms with van der Waals surface area (Å²) in [6, 6.07) is 0. The molecule has 0 fully saturated rings. The molecule has 0 amide bonds. The van der Waals surface area contributed by atoms with Crippen molar-refractivity contribution in [3.8, 4) is 0 Å². The minimum atomic E-state index is -0.139. The molecular formula is C3H11LiSi. The Labute approximate surface area is 47.7 Å². The van der Waals surface area contributed by atoms with Crippen LogP contribution >= 0.6 is 0 Å². The maximum absolute atomic E-state index is 2.31. The van der Waals surface area contributed by atoms with Crippen LogP contribution in [0.3, 0.4) is 0 Å². The van der Waals surface area contributed by atoms with Crippen LogP contribution in [0, 0.1) is 0 Å². The van der Waals surface area contributed by atoms with Crippen molar-refractivity contribution in [2.45, 2.75) is 19.6 Å². The molecule has 5 heavy (non-hydrogen) atoms. The Morgan fingerprint density at radius 2 is 1.00 bits per heavy atom. The quantitative estimate of drug-likeness (QED) is 0.372. The van der Waals surface area contributed by atoms with Gasteiger partial charge in [-0.1, -0.05) is 19.6 Å². The minimum absolute atomic E-state index is 0. The molecule has 0 bridgehead atoms. The van der Waals surface area contributed by atoms with Crippen molar-refractivity contribution in [1.82, 2.24) is 0 Å². The molecular weight excluding hydrogens is 71.1 g/mol. The predicted octanol–water partition coefficient (Wildman–Crippen LogP) is 0.454. The zero-order valence-electron chi connectivity index (χ0n) is 3.58. The van der Waals surface area contributed by atoms with Crippen LogP contribution in [0.5, 0.6) is 0 Å². The molecule has 0 aliphatic rings. The Morgan fingerprint density at radius 3 is 1.00 bits per heavy atom. The molecule has 0 N–H and O–H groups in total. The molecule has 0 spiro atoms. The van der Waals surface area contributed by atoms with E-state index < -0.39 is 0 Å². The summed E-state index contributed by atoms with van der Waals surface area (Å²) < 4.78 is 0. The second kappa shape index (κ2) is 4.81. The van der Waals surface area contributed by atoms with E-state index in [1.54, 1.807) is 0 Å². The molecule has 2 heteroatoms. The molecule has 0 heterocycles. The van der Waals surface area contributed by atoms with Gasteiger partial charge in [-0.25, -0.2) is 0 Å². The van der Waals surface area contributed by atoms with Crippen LogP contribution < -0.4 is 0 Å². The van der Waals surface area contributed by atoms with Gasteiger partial charge >= 0.3 is 18.9 Å². The Kier molecular flexibility index (Phi) is 8.92. The molecule has 0 saturated heterocycles. The van der Waals surface area contributed by atoms with Gasteiger partial charge in [-0.05, 0) is 0 Å². The second-order valence-electron chi connectivity index (χ2n) is 1.73. The van der Waals surface area contributed by atoms with E-state index in [9.17, 15) is 0 Å². The normalized spacial score (nSPS) is 7.20. The summed E-state index contributed by atoms with van der Waals surface area (Å²) in [4.78, 5) is 0. The van der Waals surface area contributed by atoms with Gasteiger partial charge in [-0.2, -0.15) is 0 Å². The van der Waals surface area contributed by atoms with Crippen LogP contribution in [0.1, 0.15) is 0 Å². The standard InChI is InChI=1S/C3H10Si.Li.H/c1-4(2)3;;/h4H,1-3H3;;. The van der Waals surface area contributed by atoms with Gasteiger partial charge in [-0.15, -0.1) is 0 Å². The fourth-order valence-electron chi connectivity index (χ4n) is 0. The second-order valence-corrected chi connectivity index (χ2v) is 5.20. The van der Waals surface area contributed by atoms with E-state index in [0.717, 1.165) is 0 Å². The molecule has 0 aliphatic carbocycles. The Bertz CT molecular complexity index is 11.6. The monoisotopic (exact) mass is 82.1 g/mol. The topological polar surface area (TPSA) is 0 Å². The predicted molar refractivity (Wildman–Crippen MR) is 31.9 cm³/mol. The van der Waals surface area contributed by atoms with E-state index in [0.29, 0.717) is 0 Å². The van der Waals surface area contributed by atoms with Crippen LogP contribution in [0.4, 0.5) is 0 Å². The summed E-state index contributed by atoms with van der Waals surface area (Å²) in [6.07, 6.45) is 0. The number of hydrogen-bond donors (Lipinski definition) is 0. The molecule has 0 aliphatic heterocycles. The third kappa shape index (κ3) is 57.5. The average Bonchev–Trinajstić information content (AvgIpc) is 0.811. The van der Waals surface area contributed by atoms with Crippen molar-refractivity contribution in [2.24, 2.45) is 0 Å². The van der Waals surface area contributed by atoms with Crippen LogP contribution in [-0.2, 0) is 0 Å². The van der Waals surface area contributed by atoms with Gasteiger partial charge in [-0.3, -0.25) is 0 Å². The van der Waals surface area contributed by atoms with Crippen molar-refractivity contribution in [2.75, 3.05) is 0 Å². The fraction of sp³-hybridized carbons (Fsp3) is 1.00. The third-order valence-corrected chi connectivity index (χ3v) is 0. The summed E-state index contributed by atoms with van der Waals surface area (Å²) in [5, 5.41) is 0. The first kappa shape index (κ1) is 9.26. The summed E-state index contributed by atoms with van der Waals surface area (Å²) in [6.45, 7) is 6.92. The summed E-state index contributed by atoms with van der Waals surface area (Å²) in [5.41, 5.74) is 0. The Balaban J connectivity index is 0. The SMILES string of the molecule is C[SiH](C)C.[LiH]. The van der Waals surface area contributed by atoms with Gasteiger partial charge < -0.3 is 0 Å². The van der Waals surface area contributed by atoms with Crippen molar-refractivity contribution in [3.63, 3.8) is 0 Å². The van der Waals surface area contributed by atoms with Gasteiger partial charge in [0, 0.05) is 8.80 Å². The molecule has 0 aromatic rings. The van der Waals surface area contributed by atoms with E-state index in [-0.39, 0.29) is 27.7 Å². The first-order valence-corrected chi connectivity index (χ1v) is 5.20. The van der Waals surface area contributed by atoms with Crippen LogP contribution in [0.25, 0.3) is 0 Å². The van der Waals surface area contributed by atoms with Crippen molar-refractivity contribution < 1.29 is 0 Å². The van der Waals surface area contributed by atoms with Crippen molar-refractivity contribution >= 4 is 27.7 Å². The molecule has 0 radical (unpaired) electrons. The Hall–Kier alpha value is 0.814. The van der Waals surface area contributed by atoms with E-state index in [1.807, 2.05) is 0 Å². The third-order valence-electron chi connectivity index (χ3n) is 0. The van der Waals surface area contributed by atoms with Gasteiger partial charge in [0.15, 0.2) is 0 Å². The molecule has 0 aromatic heterocycles. The summed E-state index contributed by atoms with van der Waals surface area (Å²) in [5.74, 6) is 0. The van der Waals surface area contributed by atoms with Crippen LogP contribution in [-0.4, -0.2) is 27.7 Å². The summed E-state index contributed by atoms with van der Waals surface area (Å²) >= 11 is 0. The molecule has 0 unspecified atom stereocenters. The molecule has 28 valence electrons. The number of hydrogen-bond acceptors (Lipinski definition) is 0. The number of rotatable bonds is 0. The van der Waals surface area contributed by atoms with Crippen molar-refractivity contribution in [1.29, 1.82) is 0 Å².